The molecule has 0 aliphatic carbocycles. The Hall–Kier alpha value is -3.54. The third-order valence-corrected chi connectivity index (χ3v) is 8.43. The lowest BCUT2D eigenvalue weighted by molar-refractivity contribution is 0.0848. The van der Waals surface area contributed by atoms with Crippen LogP contribution in [0.25, 0.3) is 10.6 Å². The first-order chi connectivity index (χ1) is 15.8. The fraction of sp³-hybridized carbons (Fsp3) is 0.0455. The van der Waals surface area contributed by atoms with Gasteiger partial charge in [-0.05, 0) is 36.6 Å². The van der Waals surface area contributed by atoms with E-state index in [0.29, 0.717) is 15.6 Å². The molecule has 2 heterocycles. The summed E-state index contributed by atoms with van der Waals surface area (Å²) in [6.45, 7) is 1.73. The van der Waals surface area contributed by atoms with E-state index in [9.17, 15) is 18.0 Å². The van der Waals surface area contributed by atoms with Gasteiger partial charge in [0.15, 0.2) is 0 Å². The van der Waals surface area contributed by atoms with Gasteiger partial charge in [0.25, 0.3) is 21.8 Å². The fourth-order valence-electron chi connectivity index (χ4n) is 2.90. The monoisotopic (exact) mass is 498 g/mol. The number of hydrogen-bond acceptors (Lipinski definition) is 7. The van der Waals surface area contributed by atoms with Crippen LogP contribution in [0.3, 0.4) is 0 Å². The molecule has 4 rings (SSSR count). The van der Waals surface area contributed by atoms with Crippen molar-refractivity contribution in [1.82, 2.24) is 15.8 Å². The minimum atomic E-state index is -3.74. The van der Waals surface area contributed by atoms with Crippen LogP contribution in [-0.4, -0.2) is 25.2 Å². The Bertz CT molecular complexity index is 1400. The molecule has 3 N–H and O–H groups in total. The number of aromatic nitrogens is 1. The molecule has 4 aromatic rings. The molecule has 0 unspecified atom stereocenters. The second-order valence-electron chi connectivity index (χ2n) is 6.83. The van der Waals surface area contributed by atoms with Crippen LogP contribution in [0.15, 0.2) is 76.3 Å². The van der Waals surface area contributed by atoms with E-state index in [1.165, 1.54) is 35.6 Å². The van der Waals surface area contributed by atoms with E-state index in [1.54, 1.807) is 24.4 Å². The zero-order valence-electron chi connectivity index (χ0n) is 17.2. The van der Waals surface area contributed by atoms with E-state index in [4.69, 9.17) is 0 Å². The number of anilines is 1. The summed E-state index contributed by atoms with van der Waals surface area (Å²) in [4.78, 5) is 29.9. The summed E-state index contributed by atoms with van der Waals surface area (Å²) in [7, 11) is -3.74. The molecule has 0 saturated carbocycles. The number of sulfonamides is 1. The van der Waals surface area contributed by atoms with Gasteiger partial charge in [-0.2, -0.15) is 0 Å². The molecule has 0 aliphatic heterocycles. The lowest BCUT2D eigenvalue weighted by atomic mass is 10.2. The van der Waals surface area contributed by atoms with Crippen molar-refractivity contribution in [3.05, 3.63) is 88.2 Å². The minimum absolute atomic E-state index is 0.166. The number of carbonyl (C=O) groups is 2. The van der Waals surface area contributed by atoms with Crippen molar-refractivity contribution in [3.8, 4) is 10.6 Å². The molecule has 0 fully saturated rings. The standard InChI is InChI=1S/C22H18N4O4S3/c1-14-19(32-22(23-14)15-7-3-2-4-8-15)21(28)25-24-20(27)16-9-5-10-17(13-16)26-33(29,30)18-11-6-12-31-18/h2-13,26H,1H3,(H,24,27)(H,25,28). The number of benzene rings is 2. The van der Waals surface area contributed by atoms with Gasteiger partial charge < -0.3 is 0 Å². The molecule has 2 aromatic heterocycles. The molecule has 0 aliphatic rings. The molecule has 11 heteroatoms. The molecule has 0 saturated heterocycles. The van der Waals surface area contributed by atoms with Crippen LogP contribution >= 0.6 is 22.7 Å². The summed E-state index contributed by atoms with van der Waals surface area (Å²) in [5, 5.41) is 2.37. The van der Waals surface area contributed by atoms with Gasteiger partial charge in [0.1, 0.15) is 14.1 Å². The van der Waals surface area contributed by atoms with Crippen LogP contribution in [0.5, 0.6) is 0 Å². The highest BCUT2D eigenvalue weighted by Crippen LogP contribution is 2.27. The molecule has 168 valence electrons. The highest BCUT2D eigenvalue weighted by molar-refractivity contribution is 7.94. The molecule has 8 nitrogen and oxygen atoms in total. The number of nitrogens with zero attached hydrogens (tertiary/aromatic N) is 1. The number of thiophene rings is 1. The molecule has 33 heavy (non-hydrogen) atoms. The zero-order valence-corrected chi connectivity index (χ0v) is 19.7. The molecule has 0 spiro atoms. The lowest BCUT2D eigenvalue weighted by Crippen LogP contribution is -2.41. The first kappa shape index (κ1) is 22.6. The van der Waals surface area contributed by atoms with Crippen molar-refractivity contribution in [1.29, 1.82) is 0 Å². The van der Waals surface area contributed by atoms with Gasteiger partial charge in [-0.25, -0.2) is 13.4 Å². The Kier molecular flexibility index (Phi) is 6.54. The van der Waals surface area contributed by atoms with Gasteiger partial charge in [-0.15, -0.1) is 22.7 Å². The van der Waals surface area contributed by atoms with E-state index in [0.717, 1.165) is 16.9 Å². The van der Waals surface area contributed by atoms with Crippen LogP contribution in [0.1, 0.15) is 25.7 Å². The number of amides is 2. The summed E-state index contributed by atoms with van der Waals surface area (Å²) in [5.74, 6) is -1.08. The molecular formula is C22H18N4O4S3. The number of hydrogen-bond donors (Lipinski definition) is 3. The Labute approximate surface area is 198 Å². The number of thiazole rings is 1. The second-order valence-corrected chi connectivity index (χ2v) is 10.7. The first-order valence-corrected chi connectivity index (χ1v) is 12.8. The summed E-state index contributed by atoms with van der Waals surface area (Å²) in [5.41, 5.74) is 6.60. The number of hydrazine groups is 1. The summed E-state index contributed by atoms with van der Waals surface area (Å²) >= 11 is 2.31. The number of rotatable bonds is 6. The maximum absolute atomic E-state index is 12.6. The third-order valence-electron chi connectivity index (χ3n) is 4.45. The van der Waals surface area contributed by atoms with Crippen LogP contribution < -0.4 is 15.6 Å². The molecular weight excluding hydrogens is 480 g/mol. The Morgan fingerprint density at radius 1 is 0.909 bits per heavy atom. The molecule has 0 bridgehead atoms. The molecule has 2 aromatic carbocycles. The summed E-state index contributed by atoms with van der Waals surface area (Å²) in [6.07, 6.45) is 0. The Balaban J connectivity index is 1.42. The predicted molar refractivity (Wildman–Crippen MR) is 129 cm³/mol. The maximum atomic E-state index is 12.6. The van der Waals surface area contributed by atoms with Crippen LogP contribution in [-0.2, 0) is 10.0 Å². The second kappa shape index (κ2) is 9.53. The topological polar surface area (TPSA) is 117 Å². The van der Waals surface area contributed by atoms with Crippen molar-refractivity contribution >= 4 is 50.2 Å². The predicted octanol–water partition coefficient (Wildman–Crippen LogP) is 4.06. The van der Waals surface area contributed by atoms with Gasteiger partial charge in [0.05, 0.1) is 5.69 Å². The fourth-order valence-corrected chi connectivity index (χ4v) is 5.91. The van der Waals surface area contributed by atoms with E-state index in [1.807, 2.05) is 30.3 Å². The molecule has 0 atom stereocenters. The quantitative estimate of drug-likeness (QED) is 0.347. The molecule has 0 radical (unpaired) electrons. The average molecular weight is 499 g/mol. The van der Waals surface area contributed by atoms with E-state index < -0.39 is 21.8 Å². The number of nitrogens with one attached hydrogen (secondary N) is 3. The first-order valence-electron chi connectivity index (χ1n) is 9.63. The smallest absolute Gasteiger partial charge is 0.279 e. The zero-order chi connectivity index (χ0) is 23.4. The van der Waals surface area contributed by atoms with E-state index in [2.05, 4.69) is 20.6 Å². The normalized spacial score (nSPS) is 11.1. The van der Waals surface area contributed by atoms with Crippen molar-refractivity contribution < 1.29 is 18.0 Å². The van der Waals surface area contributed by atoms with Gasteiger partial charge in [-0.1, -0.05) is 42.5 Å². The van der Waals surface area contributed by atoms with Crippen LogP contribution in [0, 0.1) is 6.92 Å². The minimum Gasteiger partial charge on any atom is -0.279 e. The largest absolute Gasteiger partial charge is 0.281 e. The van der Waals surface area contributed by atoms with Crippen molar-refractivity contribution in [3.63, 3.8) is 0 Å². The average Bonchev–Trinajstić information content (AvgIpc) is 3.48. The Morgan fingerprint density at radius 2 is 1.67 bits per heavy atom. The number of carbonyl (C=O) groups excluding carboxylic acids is 2. The maximum Gasteiger partial charge on any atom is 0.281 e. The van der Waals surface area contributed by atoms with Crippen molar-refractivity contribution in [2.75, 3.05) is 4.72 Å². The van der Waals surface area contributed by atoms with Gasteiger partial charge >= 0.3 is 0 Å². The molecule has 2 amide bonds. The third kappa shape index (κ3) is 5.28. The van der Waals surface area contributed by atoms with Crippen LogP contribution in [0.2, 0.25) is 0 Å². The van der Waals surface area contributed by atoms with E-state index >= 15 is 0 Å². The van der Waals surface area contributed by atoms with E-state index in [-0.39, 0.29) is 15.5 Å². The van der Waals surface area contributed by atoms with Crippen LogP contribution in [0.4, 0.5) is 5.69 Å². The summed E-state index contributed by atoms with van der Waals surface area (Å²) < 4.78 is 27.4. The van der Waals surface area contributed by atoms with Gasteiger partial charge in [0.2, 0.25) is 0 Å². The highest BCUT2D eigenvalue weighted by atomic mass is 32.2. The SMILES string of the molecule is Cc1nc(-c2ccccc2)sc1C(=O)NNC(=O)c1cccc(NS(=O)(=O)c2cccs2)c1. The van der Waals surface area contributed by atoms with Gasteiger partial charge in [-0.3, -0.25) is 25.2 Å². The van der Waals surface area contributed by atoms with Crippen molar-refractivity contribution in [2.45, 2.75) is 11.1 Å². The summed E-state index contributed by atoms with van der Waals surface area (Å²) in [6, 6.07) is 18.6. The van der Waals surface area contributed by atoms with Gasteiger partial charge in [0, 0.05) is 16.8 Å². The lowest BCUT2D eigenvalue weighted by Gasteiger charge is -2.09. The van der Waals surface area contributed by atoms with Crippen molar-refractivity contribution in [2.24, 2.45) is 0 Å². The number of aryl methyl sites for hydroxylation is 1. The highest BCUT2D eigenvalue weighted by Gasteiger charge is 2.18. The Morgan fingerprint density at radius 3 is 2.39 bits per heavy atom.